The van der Waals surface area contributed by atoms with Crippen molar-refractivity contribution in [1.82, 2.24) is 10.2 Å². The van der Waals surface area contributed by atoms with Crippen molar-refractivity contribution in [3.05, 3.63) is 22.7 Å². The molecule has 0 unspecified atom stereocenters. The van der Waals surface area contributed by atoms with Gasteiger partial charge >= 0.3 is 5.97 Å². The van der Waals surface area contributed by atoms with E-state index in [4.69, 9.17) is 25.8 Å². The van der Waals surface area contributed by atoms with Crippen molar-refractivity contribution in [1.29, 1.82) is 0 Å². The van der Waals surface area contributed by atoms with Gasteiger partial charge in [-0.1, -0.05) is 11.6 Å². The van der Waals surface area contributed by atoms with E-state index in [2.05, 4.69) is 15.2 Å². The van der Waals surface area contributed by atoms with Crippen molar-refractivity contribution < 1.29 is 19.0 Å². The second-order valence-electron chi connectivity index (χ2n) is 6.46. The highest BCUT2D eigenvalue weighted by atomic mass is 35.5. The Hall–Kier alpha value is -2.15. The molecular weight excluding hydrogens is 382 g/mol. The maximum absolute atomic E-state index is 11.9. The standard InChI is InChI=1S/C20H30ClN3O4/c1-5-27-18-16(21)11-14(12-17(18)26-4)13-23-20(22-3)24-9-7-15(8-10-24)19(25)28-6-2/h11-12,15H,5-10,13H2,1-4H3,(H,22,23). The number of carbonyl (C=O) groups excluding carboxylic acids is 1. The number of benzene rings is 1. The molecule has 1 aliphatic heterocycles. The molecule has 0 aromatic heterocycles. The molecule has 1 saturated heterocycles. The zero-order chi connectivity index (χ0) is 20.5. The van der Waals surface area contributed by atoms with E-state index in [0.29, 0.717) is 36.3 Å². The van der Waals surface area contributed by atoms with Crippen LogP contribution in [0.15, 0.2) is 17.1 Å². The van der Waals surface area contributed by atoms with Crippen molar-refractivity contribution in [3.8, 4) is 11.5 Å². The fourth-order valence-electron chi connectivity index (χ4n) is 3.26. The molecule has 1 heterocycles. The fourth-order valence-corrected chi connectivity index (χ4v) is 3.55. The maximum Gasteiger partial charge on any atom is 0.309 e. The Morgan fingerprint density at radius 2 is 2.00 bits per heavy atom. The van der Waals surface area contributed by atoms with Crippen LogP contribution >= 0.6 is 11.6 Å². The fraction of sp³-hybridized carbons (Fsp3) is 0.600. The van der Waals surface area contributed by atoms with E-state index < -0.39 is 0 Å². The van der Waals surface area contributed by atoms with Crippen LogP contribution in [0.1, 0.15) is 32.3 Å². The van der Waals surface area contributed by atoms with Crippen LogP contribution in [0, 0.1) is 5.92 Å². The minimum atomic E-state index is -0.0961. The second-order valence-corrected chi connectivity index (χ2v) is 6.86. The third-order valence-electron chi connectivity index (χ3n) is 4.65. The molecular formula is C20H30ClN3O4. The minimum absolute atomic E-state index is 0.0246. The van der Waals surface area contributed by atoms with E-state index >= 15 is 0 Å². The normalized spacial score (nSPS) is 15.3. The minimum Gasteiger partial charge on any atom is -0.493 e. The zero-order valence-electron chi connectivity index (χ0n) is 17.1. The monoisotopic (exact) mass is 411 g/mol. The third kappa shape index (κ3) is 5.67. The molecule has 0 amide bonds. The number of aliphatic imine (C=N–C) groups is 1. The van der Waals surface area contributed by atoms with E-state index in [9.17, 15) is 4.79 Å². The molecule has 156 valence electrons. The topological polar surface area (TPSA) is 72.4 Å². The molecule has 1 aromatic rings. The molecule has 1 aromatic carbocycles. The Morgan fingerprint density at radius 3 is 2.57 bits per heavy atom. The van der Waals surface area contributed by atoms with E-state index in [1.807, 2.05) is 26.0 Å². The van der Waals surface area contributed by atoms with Crippen LogP contribution in [-0.4, -0.2) is 57.3 Å². The number of esters is 1. The van der Waals surface area contributed by atoms with Crippen LogP contribution in [0.2, 0.25) is 5.02 Å². The van der Waals surface area contributed by atoms with Crippen LogP contribution in [-0.2, 0) is 16.1 Å². The lowest BCUT2D eigenvalue weighted by atomic mass is 9.97. The van der Waals surface area contributed by atoms with Gasteiger partial charge in [-0.25, -0.2) is 0 Å². The predicted molar refractivity (Wildman–Crippen MR) is 110 cm³/mol. The quantitative estimate of drug-likeness (QED) is 0.422. The molecule has 7 nitrogen and oxygen atoms in total. The number of piperidine rings is 1. The molecule has 1 aliphatic rings. The van der Waals surface area contributed by atoms with Gasteiger partial charge in [-0.05, 0) is 44.4 Å². The van der Waals surface area contributed by atoms with Crippen molar-refractivity contribution >= 4 is 23.5 Å². The average molecular weight is 412 g/mol. The van der Waals surface area contributed by atoms with Crippen molar-refractivity contribution in [3.63, 3.8) is 0 Å². The molecule has 2 rings (SSSR count). The molecule has 0 radical (unpaired) electrons. The molecule has 0 atom stereocenters. The number of carbonyl (C=O) groups is 1. The zero-order valence-corrected chi connectivity index (χ0v) is 17.8. The van der Waals surface area contributed by atoms with Gasteiger partial charge < -0.3 is 24.4 Å². The molecule has 8 heteroatoms. The molecule has 1 fully saturated rings. The van der Waals surface area contributed by atoms with Crippen LogP contribution < -0.4 is 14.8 Å². The lowest BCUT2D eigenvalue weighted by Gasteiger charge is -2.33. The summed E-state index contributed by atoms with van der Waals surface area (Å²) in [6.07, 6.45) is 1.53. The summed E-state index contributed by atoms with van der Waals surface area (Å²) in [5, 5.41) is 3.88. The summed E-state index contributed by atoms with van der Waals surface area (Å²) in [4.78, 5) is 18.4. The van der Waals surface area contributed by atoms with Gasteiger partial charge in [0.15, 0.2) is 17.5 Å². The maximum atomic E-state index is 11.9. The molecule has 0 aliphatic carbocycles. The summed E-state index contributed by atoms with van der Waals surface area (Å²) in [5.41, 5.74) is 0.966. The van der Waals surface area contributed by atoms with E-state index in [1.54, 1.807) is 14.2 Å². The number of nitrogens with zero attached hydrogens (tertiary/aromatic N) is 2. The number of hydrogen-bond acceptors (Lipinski definition) is 5. The van der Waals surface area contributed by atoms with Gasteiger partial charge in [0.1, 0.15) is 0 Å². The van der Waals surface area contributed by atoms with Crippen LogP contribution in [0.4, 0.5) is 0 Å². The Balaban J connectivity index is 1.96. The number of methoxy groups -OCH3 is 1. The first-order valence-electron chi connectivity index (χ1n) is 9.65. The molecule has 28 heavy (non-hydrogen) atoms. The van der Waals surface area contributed by atoms with Gasteiger partial charge in [0.25, 0.3) is 0 Å². The lowest BCUT2D eigenvalue weighted by Crippen LogP contribution is -2.46. The van der Waals surface area contributed by atoms with Gasteiger partial charge in [0.2, 0.25) is 0 Å². The van der Waals surface area contributed by atoms with Gasteiger partial charge in [0.05, 0.1) is 31.3 Å². The molecule has 0 bridgehead atoms. The summed E-state index contributed by atoms with van der Waals surface area (Å²) in [5.74, 6) is 1.84. The highest BCUT2D eigenvalue weighted by Gasteiger charge is 2.27. The number of likely N-dealkylation sites (tertiary alicyclic amines) is 1. The Labute approximate surface area is 172 Å². The van der Waals surface area contributed by atoms with Gasteiger partial charge in [-0.2, -0.15) is 0 Å². The molecule has 1 N–H and O–H groups in total. The van der Waals surface area contributed by atoms with Crippen molar-refractivity contribution in [2.75, 3.05) is 40.5 Å². The number of hydrogen-bond donors (Lipinski definition) is 1. The highest BCUT2D eigenvalue weighted by molar-refractivity contribution is 6.32. The summed E-state index contributed by atoms with van der Waals surface area (Å²) < 4.78 is 16.1. The Bertz CT molecular complexity index is 688. The summed E-state index contributed by atoms with van der Waals surface area (Å²) in [6.45, 7) is 6.75. The SMILES string of the molecule is CCOC(=O)C1CCN(C(=NC)NCc2cc(Cl)c(OCC)c(OC)c2)CC1. The largest absolute Gasteiger partial charge is 0.493 e. The van der Waals surface area contributed by atoms with Crippen molar-refractivity contribution in [2.24, 2.45) is 10.9 Å². The predicted octanol–water partition coefficient (Wildman–Crippen LogP) is 3.10. The Kier molecular flexibility index (Phi) is 8.70. The van der Waals surface area contributed by atoms with Crippen LogP contribution in [0.5, 0.6) is 11.5 Å². The number of halogens is 1. The average Bonchev–Trinajstić information content (AvgIpc) is 2.70. The third-order valence-corrected chi connectivity index (χ3v) is 4.94. The summed E-state index contributed by atoms with van der Waals surface area (Å²) in [6, 6.07) is 3.77. The van der Waals surface area contributed by atoms with E-state index in [0.717, 1.165) is 37.5 Å². The van der Waals surface area contributed by atoms with Crippen LogP contribution in [0.3, 0.4) is 0 Å². The lowest BCUT2D eigenvalue weighted by molar-refractivity contribution is -0.149. The summed E-state index contributed by atoms with van der Waals surface area (Å²) in [7, 11) is 3.35. The number of guanidine groups is 1. The van der Waals surface area contributed by atoms with E-state index in [-0.39, 0.29) is 11.9 Å². The van der Waals surface area contributed by atoms with Gasteiger partial charge in [-0.3, -0.25) is 9.79 Å². The Morgan fingerprint density at radius 1 is 1.29 bits per heavy atom. The smallest absolute Gasteiger partial charge is 0.309 e. The first-order valence-corrected chi connectivity index (χ1v) is 10.0. The second kappa shape index (κ2) is 11.0. The first-order chi connectivity index (χ1) is 13.5. The molecule has 0 spiro atoms. The number of nitrogens with one attached hydrogen (secondary N) is 1. The van der Waals surface area contributed by atoms with Gasteiger partial charge in [-0.15, -0.1) is 0 Å². The number of rotatable bonds is 7. The number of ether oxygens (including phenoxy) is 3. The van der Waals surface area contributed by atoms with Gasteiger partial charge in [0, 0.05) is 26.7 Å². The highest BCUT2D eigenvalue weighted by Crippen LogP contribution is 2.36. The van der Waals surface area contributed by atoms with Crippen LogP contribution in [0.25, 0.3) is 0 Å². The molecule has 0 saturated carbocycles. The first kappa shape index (κ1) is 22.1. The summed E-state index contributed by atoms with van der Waals surface area (Å²) >= 11 is 6.34. The van der Waals surface area contributed by atoms with Crippen molar-refractivity contribution in [2.45, 2.75) is 33.2 Å². The van der Waals surface area contributed by atoms with E-state index in [1.165, 1.54) is 0 Å².